The van der Waals surface area contributed by atoms with Gasteiger partial charge in [0, 0.05) is 10.0 Å². The number of rotatable bonds is 4. The summed E-state index contributed by atoms with van der Waals surface area (Å²) >= 11 is 3.44. The van der Waals surface area contributed by atoms with Gasteiger partial charge in [-0.3, -0.25) is 9.36 Å². The number of halogens is 2. The number of hydrogen-bond acceptors (Lipinski definition) is 3. The van der Waals surface area contributed by atoms with Crippen LogP contribution >= 0.6 is 15.9 Å². The van der Waals surface area contributed by atoms with E-state index in [0.717, 1.165) is 10.0 Å². The maximum absolute atomic E-state index is 13.5. The fraction of sp³-hybridized carbons (Fsp3) is 0. The maximum Gasteiger partial charge on any atom is 0.266 e. The van der Waals surface area contributed by atoms with Gasteiger partial charge in [0.05, 0.1) is 16.6 Å². The van der Waals surface area contributed by atoms with E-state index in [1.165, 1.54) is 12.1 Å². The first-order valence-corrected chi connectivity index (χ1v) is 10.7. The molecule has 0 saturated carbocycles. The van der Waals surface area contributed by atoms with Gasteiger partial charge in [-0.05, 0) is 66.7 Å². The Kier molecular flexibility index (Phi) is 5.29. The molecule has 0 amide bonds. The van der Waals surface area contributed by atoms with Gasteiger partial charge >= 0.3 is 0 Å². The summed E-state index contributed by atoms with van der Waals surface area (Å²) in [4.78, 5) is 18.3. The lowest BCUT2D eigenvalue weighted by Crippen LogP contribution is -2.22. The molecule has 0 bridgehead atoms. The van der Waals surface area contributed by atoms with Crippen LogP contribution in [0.5, 0.6) is 11.5 Å². The predicted molar refractivity (Wildman–Crippen MR) is 127 cm³/mol. The minimum Gasteiger partial charge on any atom is -0.457 e. The molecule has 1 aromatic heterocycles. The van der Waals surface area contributed by atoms with E-state index in [1.807, 2.05) is 42.5 Å². The van der Waals surface area contributed by atoms with Gasteiger partial charge in [-0.2, -0.15) is 0 Å². The lowest BCUT2D eigenvalue weighted by atomic mass is 10.1. The Morgan fingerprint density at radius 1 is 0.812 bits per heavy atom. The van der Waals surface area contributed by atoms with Crippen molar-refractivity contribution in [3.05, 3.63) is 118 Å². The molecule has 0 fully saturated rings. The second-order valence-electron chi connectivity index (χ2n) is 7.15. The fourth-order valence-corrected chi connectivity index (χ4v) is 3.84. The van der Waals surface area contributed by atoms with Crippen LogP contribution in [0.25, 0.3) is 28.0 Å². The molecule has 0 unspecified atom stereocenters. The van der Waals surface area contributed by atoms with Crippen molar-refractivity contribution in [3.63, 3.8) is 0 Å². The second-order valence-corrected chi connectivity index (χ2v) is 8.07. The van der Waals surface area contributed by atoms with Crippen LogP contribution in [0.1, 0.15) is 0 Å². The molecule has 0 atom stereocenters. The van der Waals surface area contributed by atoms with Crippen molar-refractivity contribution >= 4 is 26.8 Å². The SMILES string of the molecule is O=c1c2cc(Br)ccc2nc(-c2ccccc2)n1-c1ccc(Oc2ccc(F)cc2)cc1. The van der Waals surface area contributed by atoms with Gasteiger partial charge in [0.25, 0.3) is 5.56 Å². The molecule has 4 aromatic carbocycles. The normalized spacial score (nSPS) is 10.9. The van der Waals surface area contributed by atoms with Crippen LogP contribution in [-0.2, 0) is 0 Å². The molecule has 156 valence electrons. The van der Waals surface area contributed by atoms with Crippen molar-refractivity contribution in [1.29, 1.82) is 0 Å². The number of nitrogens with zero attached hydrogens (tertiary/aromatic N) is 2. The Bertz CT molecular complexity index is 1470. The van der Waals surface area contributed by atoms with Crippen molar-refractivity contribution in [2.45, 2.75) is 0 Å². The Morgan fingerprint density at radius 2 is 1.47 bits per heavy atom. The van der Waals surface area contributed by atoms with E-state index in [-0.39, 0.29) is 11.4 Å². The number of hydrogen-bond donors (Lipinski definition) is 0. The van der Waals surface area contributed by atoms with Gasteiger partial charge in [0.2, 0.25) is 0 Å². The molecule has 1 heterocycles. The van der Waals surface area contributed by atoms with Crippen LogP contribution < -0.4 is 10.3 Å². The molecule has 32 heavy (non-hydrogen) atoms. The van der Waals surface area contributed by atoms with Gasteiger partial charge in [0.15, 0.2) is 0 Å². The Morgan fingerprint density at radius 3 is 2.16 bits per heavy atom. The molecule has 5 rings (SSSR count). The Hall–Kier alpha value is -3.77. The first-order valence-electron chi connectivity index (χ1n) is 9.90. The standard InChI is InChI=1S/C26H16BrFN2O2/c27-18-6-15-24-23(16-18)26(31)30(25(29-24)17-4-2-1-3-5-17)20-9-13-22(14-10-20)32-21-11-7-19(28)8-12-21/h1-16H. The third-order valence-electron chi connectivity index (χ3n) is 5.01. The van der Waals surface area contributed by atoms with Gasteiger partial charge in [-0.1, -0.05) is 46.3 Å². The summed E-state index contributed by atoms with van der Waals surface area (Å²) in [6.07, 6.45) is 0. The summed E-state index contributed by atoms with van der Waals surface area (Å²) in [6, 6.07) is 28.0. The molecule has 0 saturated heterocycles. The number of benzene rings is 4. The molecule has 0 aliphatic rings. The summed E-state index contributed by atoms with van der Waals surface area (Å²) in [5.41, 5.74) is 1.96. The molecule has 0 N–H and O–H groups in total. The average molecular weight is 487 g/mol. The maximum atomic E-state index is 13.5. The van der Waals surface area contributed by atoms with E-state index in [4.69, 9.17) is 9.72 Å². The highest BCUT2D eigenvalue weighted by atomic mass is 79.9. The van der Waals surface area contributed by atoms with Crippen LogP contribution in [0.15, 0.2) is 106 Å². The largest absolute Gasteiger partial charge is 0.457 e. The van der Waals surface area contributed by atoms with Crippen molar-refractivity contribution in [2.24, 2.45) is 0 Å². The van der Waals surface area contributed by atoms with Crippen molar-refractivity contribution in [2.75, 3.05) is 0 Å². The predicted octanol–water partition coefficient (Wildman–Crippen LogP) is 6.75. The molecular weight excluding hydrogens is 471 g/mol. The van der Waals surface area contributed by atoms with E-state index in [9.17, 15) is 9.18 Å². The van der Waals surface area contributed by atoms with Gasteiger partial charge in [-0.15, -0.1) is 0 Å². The molecule has 0 radical (unpaired) electrons. The molecule has 4 nitrogen and oxygen atoms in total. The molecule has 0 aliphatic heterocycles. The summed E-state index contributed by atoms with van der Waals surface area (Å²) in [5.74, 6) is 1.33. The highest BCUT2D eigenvalue weighted by molar-refractivity contribution is 9.10. The van der Waals surface area contributed by atoms with Crippen LogP contribution in [0.4, 0.5) is 4.39 Å². The quantitative estimate of drug-likeness (QED) is 0.282. The first-order chi connectivity index (χ1) is 15.6. The van der Waals surface area contributed by atoms with Crippen molar-refractivity contribution < 1.29 is 9.13 Å². The Balaban J connectivity index is 1.63. The van der Waals surface area contributed by atoms with Gasteiger partial charge in [-0.25, -0.2) is 9.37 Å². The molecular formula is C26H16BrFN2O2. The lowest BCUT2D eigenvalue weighted by Gasteiger charge is -2.15. The van der Waals surface area contributed by atoms with E-state index in [1.54, 1.807) is 47.0 Å². The topological polar surface area (TPSA) is 44.1 Å². The number of ether oxygens (including phenoxy) is 1. The lowest BCUT2D eigenvalue weighted by molar-refractivity contribution is 0.480. The zero-order chi connectivity index (χ0) is 22.1. The summed E-state index contributed by atoms with van der Waals surface area (Å²) in [7, 11) is 0. The number of aromatic nitrogens is 2. The smallest absolute Gasteiger partial charge is 0.266 e. The van der Waals surface area contributed by atoms with Crippen LogP contribution in [-0.4, -0.2) is 9.55 Å². The zero-order valence-corrected chi connectivity index (χ0v) is 18.3. The highest BCUT2D eigenvalue weighted by Gasteiger charge is 2.15. The number of fused-ring (bicyclic) bond motifs is 1. The van der Waals surface area contributed by atoms with Crippen LogP contribution in [0.3, 0.4) is 0 Å². The molecule has 6 heteroatoms. The second kappa shape index (κ2) is 8.40. The summed E-state index contributed by atoms with van der Waals surface area (Å²) in [6.45, 7) is 0. The first kappa shape index (κ1) is 20.2. The fourth-order valence-electron chi connectivity index (χ4n) is 3.48. The monoisotopic (exact) mass is 486 g/mol. The van der Waals surface area contributed by atoms with E-state index < -0.39 is 0 Å². The summed E-state index contributed by atoms with van der Waals surface area (Å²) < 4.78 is 21.3. The molecule has 5 aromatic rings. The van der Waals surface area contributed by atoms with Crippen molar-refractivity contribution in [1.82, 2.24) is 9.55 Å². The van der Waals surface area contributed by atoms with E-state index >= 15 is 0 Å². The van der Waals surface area contributed by atoms with Crippen molar-refractivity contribution in [3.8, 4) is 28.6 Å². The van der Waals surface area contributed by atoms with E-state index in [0.29, 0.717) is 33.9 Å². The third-order valence-corrected chi connectivity index (χ3v) is 5.50. The Labute approximate surface area is 191 Å². The third kappa shape index (κ3) is 3.92. The minimum atomic E-state index is -0.323. The van der Waals surface area contributed by atoms with Gasteiger partial charge in [0.1, 0.15) is 23.1 Å². The minimum absolute atomic E-state index is 0.164. The van der Waals surface area contributed by atoms with Crippen LogP contribution in [0, 0.1) is 5.82 Å². The average Bonchev–Trinajstić information content (AvgIpc) is 2.82. The molecule has 0 aliphatic carbocycles. The summed E-state index contributed by atoms with van der Waals surface area (Å²) in [5, 5.41) is 0.519. The molecule has 0 spiro atoms. The zero-order valence-electron chi connectivity index (χ0n) is 16.7. The van der Waals surface area contributed by atoms with Crippen LogP contribution in [0.2, 0.25) is 0 Å². The highest BCUT2D eigenvalue weighted by Crippen LogP contribution is 2.26. The van der Waals surface area contributed by atoms with E-state index in [2.05, 4.69) is 15.9 Å². The van der Waals surface area contributed by atoms with Gasteiger partial charge < -0.3 is 4.74 Å².